The van der Waals surface area contributed by atoms with Crippen LogP contribution in [-0.4, -0.2) is 61.5 Å². The maximum absolute atomic E-state index is 10.2. The van der Waals surface area contributed by atoms with Gasteiger partial charge in [-0.15, -0.1) is 0 Å². The van der Waals surface area contributed by atoms with Gasteiger partial charge in [-0.1, -0.05) is 13.8 Å². The number of morpholine rings is 1. The van der Waals surface area contributed by atoms with Gasteiger partial charge >= 0.3 is 0 Å². The van der Waals surface area contributed by atoms with Crippen LogP contribution in [-0.2, 0) is 4.74 Å². The highest BCUT2D eigenvalue weighted by Gasteiger charge is 2.25. The third-order valence-corrected chi connectivity index (χ3v) is 3.40. The fraction of sp³-hybridized carbons (Fsp3) is 1.00. The normalized spacial score (nSPS) is 22.7. The first-order valence-corrected chi connectivity index (χ1v) is 6.33. The molecule has 0 saturated carbocycles. The molecule has 0 radical (unpaired) electrons. The second kappa shape index (κ2) is 6.55. The summed E-state index contributed by atoms with van der Waals surface area (Å²) in [6.07, 6.45) is 1.87. The Bertz CT molecular complexity index is 189. The minimum atomic E-state index is -0.545. The maximum Gasteiger partial charge on any atom is 0.0826 e. The topological polar surface area (TPSA) is 44.7 Å². The van der Waals surface area contributed by atoms with Crippen molar-refractivity contribution in [1.82, 2.24) is 10.2 Å². The molecule has 4 heteroatoms. The second-order valence-corrected chi connectivity index (χ2v) is 4.83. The number of rotatable bonds is 6. The zero-order valence-electron chi connectivity index (χ0n) is 10.8. The molecule has 0 amide bonds. The average molecular weight is 230 g/mol. The van der Waals surface area contributed by atoms with Crippen molar-refractivity contribution in [3.8, 4) is 0 Å². The van der Waals surface area contributed by atoms with Crippen LogP contribution >= 0.6 is 0 Å². The fourth-order valence-electron chi connectivity index (χ4n) is 2.13. The van der Waals surface area contributed by atoms with Gasteiger partial charge in [-0.25, -0.2) is 0 Å². The quantitative estimate of drug-likeness (QED) is 0.696. The Morgan fingerprint density at radius 2 is 2.12 bits per heavy atom. The number of nitrogens with one attached hydrogen (secondary N) is 1. The molecule has 1 unspecified atom stereocenters. The molecule has 4 nitrogen and oxygen atoms in total. The van der Waals surface area contributed by atoms with Crippen LogP contribution in [0, 0.1) is 0 Å². The lowest BCUT2D eigenvalue weighted by Crippen LogP contribution is -2.48. The smallest absolute Gasteiger partial charge is 0.0826 e. The summed E-state index contributed by atoms with van der Waals surface area (Å²) < 4.78 is 5.64. The first kappa shape index (κ1) is 13.9. The highest BCUT2D eigenvalue weighted by Crippen LogP contribution is 2.16. The third kappa shape index (κ3) is 4.37. The van der Waals surface area contributed by atoms with Crippen molar-refractivity contribution in [1.29, 1.82) is 0 Å². The Morgan fingerprint density at radius 3 is 2.62 bits per heavy atom. The summed E-state index contributed by atoms with van der Waals surface area (Å²) in [5.41, 5.74) is -0.545. The van der Waals surface area contributed by atoms with Gasteiger partial charge in [0.05, 0.1) is 18.3 Å². The van der Waals surface area contributed by atoms with E-state index >= 15 is 0 Å². The van der Waals surface area contributed by atoms with Crippen molar-refractivity contribution < 1.29 is 9.84 Å². The van der Waals surface area contributed by atoms with Gasteiger partial charge in [-0.3, -0.25) is 0 Å². The molecule has 1 aliphatic rings. The van der Waals surface area contributed by atoms with Crippen LogP contribution in [0.4, 0.5) is 0 Å². The number of hydrogen-bond acceptors (Lipinski definition) is 4. The van der Waals surface area contributed by atoms with E-state index in [1.54, 1.807) is 0 Å². The predicted octanol–water partition coefficient (Wildman–Crippen LogP) is 0.458. The fourth-order valence-corrected chi connectivity index (χ4v) is 2.13. The monoisotopic (exact) mass is 230 g/mol. The molecule has 1 atom stereocenters. The molecule has 0 aromatic carbocycles. The number of nitrogens with zero attached hydrogens (tertiary/aromatic N) is 1. The van der Waals surface area contributed by atoms with Gasteiger partial charge in [0.25, 0.3) is 0 Å². The van der Waals surface area contributed by atoms with E-state index in [1.807, 2.05) is 20.9 Å². The molecule has 96 valence electrons. The molecular weight excluding hydrogens is 204 g/mol. The van der Waals surface area contributed by atoms with Crippen LogP contribution in [0.15, 0.2) is 0 Å². The van der Waals surface area contributed by atoms with E-state index in [0.717, 1.165) is 45.6 Å². The molecular formula is C12H26N2O2. The van der Waals surface area contributed by atoms with Gasteiger partial charge in [0, 0.05) is 26.2 Å². The Morgan fingerprint density at radius 1 is 1.44 bits per heavy atom. The number of aliphatic hydroxyl groups is 1. The molecule has 0 aliphatic carbocycles. The molecule has 0 bridgehead atoms. The van der Waals surface area contributed by atoms with Crippen molar-refractivity contribution in [2.45, 2.75) is 38.4 Å². The van der Waals surface area contributed by atoms with E-state index in [-0.39, 0.29) is 6.10 Å². The lowest BCUT2D eigenvalue weighted by Gasteiger charge is -2.33. The van der Waals surface area contributed by atoms with Gasteiger partial charge in [0.15, 0.2) is 0 Å². The molecule has 0 aromatic heterocycles. The van der Waals surface area contributed by atoms with Crippen molar-refractivity contribution in [3.63, 3.8) is 0 Å². The van der Waals surface area contributed by atoms with Gasteiger partial charge in [-0.2, -0.15) is 0 Å². The zero-order valence-corrected chi connectivity index (χ0v) is 10.8. The Kier molecular flexibility index (Phi) is 5.69. The standard InChI is InChI=1S/C12H26N2O2/c1-4-12(15,5-2)10-14(3)9-11-8-13-6-7-16-11/h11,13,15H,4-10H2,1-3H3. The summed E-state index contributed by atoms with van der Waals surface area (Å²) in [7, 11) is 2.05. The number of ether oxygens (including phenoxy) is 1. The van der Waals surface area contributed by atoms with Crippen molar-refractivity contribution in [2.24, 2.45) is 0 Å². The third-order valence-electron chi connectivity index (χ3n) is 3.40. The molecule has 16 heavy (non-hydrogen) atoms. The number of hydrogen-bond donors (Lipinski definition) is 2. The van der Waals surface area contributed by atoms with Crippen LogP contribution in [0.3, 0.4) is 0 Å². The lowest BCUT2D eigenvalue weighted by atomic mass is 9.97. The van der Waals surface area contributed by atoms with Crippen molar-refractivity contribution in [3.05, 3.63) is 0 Å². The molecule has 1 saturated heterocycles. The van der Waals surface area contributed by atoms with Crippen molar-refractivity contribution >= 4 is 0 Å². The van der Waals surface area contributed by atoms with E-state index in [9.17, 15) is 5.11 Å². The first-order valence-electron chi connectivity index (χ1n) is 6.33. The van der Waals surface area contributed by atoms with Crippen molar-refractivity contribution in [2.75, 3.05) is 39.8 Å². The molecule has 1 heterocycles. The molecule has 1 rings (SSSR count). The summed E-state index contributed by atoms with van der Waals surface area (Å²) in [6.45, 7) is 8.35. The van der Waals surface area contributed by atoms with E-state index in [1.165, 1.54) is 0 Å². The molecule has 0 aromatic rings. The summed E-state index contributed by atoms with van der Waals surface area (Å²) in [5, 5.41) is 13.5. The largest absolute Gasteiger partial charge is 0.389 e. The van der Waals surface area contributed by atoms with Crippen LogP contribution in [0.5, 0.6) is 0 Å². The Balaban J connectivity index is 2.30. The molecule has 1 fully saturated rings. The van der Waals surface area contributed by atoms with Gasteiger partial charge in [0.2, 0.25) is 0 Å². The van der Waals surface area contributed by atoms with Gasteiger partial charge in [0.1, 0.15) is 0 Å². The average Bonchev–Trinajstić information content (AvgIpc) is 2.30. The van der Waals surface area contributed by atoms with Crippen LogP contribution in [0.1, 0.15) is 26.7 Å². The molecule has 0 spiro atoms. The van der Waals surface area contributed by atoms with E-state index in [4.69, 9.17) is 4.74 Å². The number of likely N-dealkylation sites (N-methyl/N-ethyl adjacent to an activating group) is 1. The molecule has 1 aliphatic heterocycles. The summed E-state index contributed by atoms with van der Waals surface area (Å²) in [4.78, 5) is 2.17. The van der Waals surface area contributed by atoms with Crippen LogP contribution in [0.2, 0.25) is 0 Å². The highest BCUT2D eigenvalue weighted by atomic mass is 16.5. The SMILES string of the molecule is CCC(O)(CC)CN(C)CC1CNCCO1. The van der Waals surface area contributed by atoms with Gasteiger partial charge in [-0.05, 0) is 19.9 Å². The maximum atomic E-state index is 10.2. The van der Waals surface area contributed by atoms with Gasteiger partial charge < -0.3 is 20.1 Å². The highest BCUT2D eigenvalue weighted by molar-refractivity contribution is 4.80. The summed E-state index contributed by atoms with van der Waals surface area (Å²) >= 11 is 0. The first-order chi connectivity index (χ1) is 7.59. The molecule has 2 N–H and O–H groups in total. The summed E-state index contributed by atoms with van der Waals surface area (Å²) in [6, 6.07) is 0. The minimum absolute atomic E-state index is 0.261. The predicted molar refractivity (Wildman–Crippen MR) is 65.6 cm³/mol. The Hall–Kier alpha value is -0.160. The van der Waals surface area contributed by atoms with E-state index < -0.39 is 5.60 Å². The van der Waals surface area contributed by atoms with E-state index in [2.05, 4.69) is 10.2 Å². The van der Waals surface area contributed by atoms with Crippen LogP contribution in [0.25, 0.3) is 0 Å². The summed E-state index contributed by atoms with van der Waals surface area (Å²) in [5.74, 6) is 0. The Labute approximate surface area is 99.0 Å². The minimum Gasteiger partial charge on any atom is -0.389 e. The van der Waals surface area contributed by atoms with Crippen LogP contribution < -0.4 is 5.32 Å². The lowest BCUT2D eigenvalue weighted by molar-refractivity contribution is -0.0268. The zero-order chi connectivity index (χ0) is 12.0. The van der Waals surface area contributed by atoms with E-state index in [0.29, 0.717) is 0 Å². The second-order valence-electron chi connectivity index (χ2n) is 4.83.